The Morgan fingerprint density at radius 1 is 1.16 bits per heavy atom. The second-order valence-corrected chi connectivity index (χ2v) is 8.10. The highest BCUT2D eigenvalue weighted by molar-refractivity contribution is 8.03. The maximum Gasteiger partial charge on any atom is 0.222 e. The van der Waals surface area contributed by atoms with Gasteiger partial charge < -0.3 is 5.73 Å². The van der Waals surface area contributed by atoms with E-state index >= 15 is 0 Å². The molecule has 3 rings (SSSR count). The first-order valence-electron chi connectivity index (χ1n) is 5.24. The Balaban J connectivity index is 2.03. The van der Waals surface area contributed by atoms with Crippen molar-refractivity contribution in [3.8, 4) is 0 Å². The summed E-state index contributed by atoms with van der Waals surface area (Å²) >= 11 is 6.25. The van der Waals surface area contributed by atoms with Crippen molar-refractivity contribution in [2.24, 2.45) is 0 Å². The molecule has 0 spiro atoms. The third-order valence-corrected chi connectivity index (χ3v) is 6.14. The molecule has 2 N–H and O–H groups in total. The van der Waals surface area contributed by atoms with Gasteiger partial charge in [0.2, 0.25) is 5.95 Å². The summed E-state index contributed by atoms with van der Waals surface area (Å²) in [7, 11) is 0. The molecule has 0 unspecified atom stereocenters. The minimum Gasteiger partial charge on any atom is -0.368 e. The van der Waals surface area contributed by atoms with Gasteiger partial charge in [-0.2, -0.15) is 0 Å². The van der Waals surface area contributed by atoms with Crippen LogP contribution in [0.4, 0.5) is 5.95 Å². The van der Waals surface area contributed by atoms with E-state index in [1.807, 2.05) is 13.2 Å². The number of hydrogen-bond acceptors (Lipinski definition) is 9. The molecule has 19 heavy (non-hydrogen) atoms. The third-order valence-electron chi connectivity index (χ3n) is 2.24. The Labute approximate surface area is 126 Å². The fraction of sp³-hybridized carbons (Fsp3) is 0.200. The molecule has 3 heterocycles. The monoisotopic (exact) mass is 327 g/mol. The molecule has 0 bridgehead atoms. The third kappa shape index (κ3) is 2.69. The second kappa shape index (κ2) is 5.23. The molecule has 5 nitrogen and oxygen atoms in total. The number of thioether (sulfide) groups is 1. The molecule has 0 fully saturated rings. The van der Waals surface area contributed by atoms with Crippen LogP contribution < -0.4 is 5.73 Å². The molecule has 0 saturated carbocycles. The summed E-state index contributed by atoms with van der Waals surface area (Å²) in [5.41, 5.74) is 5.75. The average Bonchev–Trinajstić information content (AvgIpc) is 2.94. The van der Waals surface area contributed by atoms with Crippen molar-refractivity contribution in [1.82, 2.24) is 20.2 Å². The van der Waals surface area contributed by atoms with Crippen LogP contribution in [0.5, 0.6) is 0 Å². The van der Waals surface area contributed by atoms with E-state index < -0.39 is 0 Å². The van der Waals surface area contributed by atoms with E-state index in [9.17, 15) is 0 Å². The number of aromatic nitrogens is 4. The lowest BCUT2D eigenvalue weighted by Crippen LogP contribution is -1.95. The van der Waals surface area contributed by atoms with Crippen LogP contribution in [0.25, 0.3) is 10.2 Å². The van der Waals surface area contributed by atoms with E-state index in [-0.39, 0.29) is 0 Å². The number of anilines is 1. The van der Waals surface area contributed by atoms with Gasteiger partial charge in [-0.05, 0) is 31.0 Å². The topological polar surface area (TPSA) is 77.6 Å². The van der Waals surface area contributed by atoms with Gasteiger partial charge in [0.15, 0.2) is 8.68 Å². The van der Waals surface area contributed by atoms with Gasteiger partial charge in [-0.3, -0.25) is 0 Å². The van der Waals surface area contributed by atoms with Crippen LogP contribution >= 0.6 is 46.2 Å². The molecular formula is C10H9N5S4. The Morgan fingerprint density at radius 3 is 2.68 bits per heavy atom. The van der Waals surface area contributed by atoms with E-state index in [1.54, 1.807) is 34.4 Å². The van der Waals surface area contributed by atoms with Crippen LogP contribution in [0.15, 0.2) is 19.8 Å². The van der Waals surface area contributed by atoms with Crippen LogP contribution in [-0.2, 0) is 0 Å². The summed E-state index contributed by atoms with van der Waals surface area (Å²) in [6.07, 6.45) is 1.98. The average molecular weight is 327 g/mol. The Bertz CT molecular complexity index is 735. The molecule has 0 aliphatic heterocycles. The normalized spacial score (nSPS) is 11.3. The van der Waals surface area contributed by atoms with Crippen molar-refractivity contribution in [3.63, 3.8) is 0 Å². The molecule has 0 atom stereocenters. The second-order valence-electron chi connectivity index (χ2n) is 3.60. The SMILES string of the molecule is CSc1nnc(Sc2nc(N)nc3sc(C)cc23)s1. The summed E-state index contributed by atoms with van der Waals surface area (Å²) in [5.74, 6) is 0.298. The van der Waals surface area contributed by atoms with E-state index in [2.05, 4.69) is 26.2 Å². The van der Waals surface area contributed by atoms with Crippen molar-refractivity contribution in [1.29, 1.82) is 0 Å². The predicted molar refractivity (Wildman–Crippen MR) is 82.4 cm³/mol. The molecule has 0 aromatic carbocycles. The van der Waals surface area contributed by atoms with Crippen molar-refractivity contribution < 1.29 is 0 Å². The first-order chi connectivity index (χ1) is 9.15. The van der Waals surface area contributed by atoms with Crippen LogP contribution in [0.3, 0.4) is 0 Å². The van der Waals surface area contributed by atoms with Crippen LogP contribution in [0.1, 0.15) is 4.88 Å². The first kappa shape index (κ1) is 13.1. The van der Waals surface area contributed by atoms with E-state index in [4.69, 9.17) is 5.73 Å². The minimum atomic E-state index is 0.298. The number of nitrogens with two attached hydrogens (primary N) is 1. The molecule has 0 amide bonds. The smallest absolute Gasteiger partial charge is 0.222 e. The number of nitrogens with zero attached hydrogens (tertiary/aromatic N) is 4. The van der Waals surface area contributed by atoms with Gasteiger partial charge >= 0.3 is 0 Å². The quantitative estimate of drug-likeness (QED) is 0.584. The Morgan fingerprint density at radius 2 is 1.95 bits per heavy atom. The summed E-state index contributed by atoms with van der Waals surface area (Å²) in [6.45, 7) is 2.05. The lowest BCUT2D eigenvalue weighted by molar-refractivity contribution is 0.954. The number of thiophene rings is 1. The molecule has 0 radical (unpaired) electrons. The fourth-order valence-corrected chi connectivity index (χ4v) is 4.92. The summed E-state index contributed by atoms with van der Waals surface area (Å²) in [4.78, 5) is 10.7. The van der Waals surface area contributed by atoms with Crippen molar-refractivity contribution >= 4 is 62.4 Å². The van der Waals surface area contributed by atoms with Crippen molar-refractivity contribution in [3.05, 3.63) is 10.9 Å². The highest BCUT2D eigenvalue weighted by Crippen LogP contribution is 2.37. The van der Waals surface area contributed by atoms with Gasteiger partial charge in [0, 0.05) is 10.3 Å². The molecular weight excluding hydrogens is 318 g/mol. The van der Waals surface area contributed by atoms with Crippen molar-refractivity contribution in [2.45, 2.75) is 20.6 Å². The maximum absolute atomic E-state index is 5.75. The van der Waals surface area contributed by atoms with Gasteiger partial charge in [0.1, 0.15) is 9.86 Å². The molecule has 98 valence electrons. The zero-order valence-corrected chi connectivity index (χ0v) is 13.3. The molecule has 3 aromatic heterocycles. The van der Waals surface area contributed by atoms with Gasteiger partial charge in [-0.15, -0.1) is 21.5 Å². The fourth-order valence-electron chi connectivity index (χ4n) is 1.51. The molecule has 9 heteroatoms. The molecule has 0 aliphatic carbocycles. The molecule has 0 aliphatic rings. The van der Waals surface area contributed by atoms with E-state index in [0.29, 0.717) is 5.95 Å². The number of aryl methyl sites for hydroxylation is 1. The van der Waals surface area contributed by atoms with Crippen LogP contribution in [0, 0.1) is 6.92 Å². The number of hydrogen-bond donors (Lipinski definition) is 1. The highest BCUT2D eigenvalue weighted by Gasteiger charge is 2.13. The Hall–Kier alpha value is -0.900. The van der Waals surface area contributed by atoms with Gasteiger partial charge in [-0.1, -0.05) is 23.1 Å². The zero-order valence-electron chi connectivity index (χ0n) is 10.1. The van der Waals surface area contributed by atoms with Crippen molar-refractivity contribution in [2.75, 3.05) is 12.0 Å². The number of rotatable bonds is 3. The van der Waals surface area contributed by atoms with E-state index in [1.165, 1.54) is 16.6 Å². The summed E-state index contributed by atoms with van der Waals surface area (Å²) in [6, 6.07) is 2.08. The predicted octanol–water partition coefficient (Wildman–Crippen LogP) is 3.31. The van der Waals surface area contributed by atoms with Gasteiger partial charge in [0.05, 0.1) is 0 Å². The van der Waals surface area contributed by atoms with Crippen LogP contribution in [0.2, 0.25) is 0 Å². The summed E-state index contributed by atoms with van der Waals surface area (Å²) < 4.78 is 1.81. The lowest BCUT2D eigenvalue weighted by Gasteiger charge is -1.99. The maximum atomic E-state index is 5.75. The molecule has 0 saturated heterocycles. The largest absolute Gasteiger partial charge is 0.368 e. The van der Waals surface area contributed by atoms with Crippen LogP contribution in [-0.4, -0.2) is 26.4 Å². The lowest BCUT2D eigenvalue weighted by atomic mass is 10.4. The van der Waals surface area contributed by atoms with Gasteiger partial charge in [0.25, 0.3) is 0 Å². The first-order valence-corrected chi connectivity index (χ1v) is 8.92. The van der Waals surface area contributed by atoms with Gasteiger partial charge in [-0.25, -0.2) is 9.97 Å². The molecule has 3 aromatic rings. The Kier molecular flexibility index (Phi) is 3.61. The highest BCUT2D eigenvalue weighted by atomic mass is 32.2. The van der Waals surface area contributed by atoms with E-state index in [0.717, 1.165) is 23.9 Å². The summed E-state index contributed by atoms with van der Waals surface area (Å²) in [5, 5.41) is 10.1. The number of nitrogen functional groups attached to an aromatic ring is 1. The standard InChI is InChI=1S/C10H9N5S4/c1-4-3-5-6(17-4)12-8(11)13-7(5)18-10-15-14-9(16-2)19-10/h3H,1-2H3,(H2,11,12,13). The number of fused-ring (bicyclic) bond motifs is 1. The zero-order chi connectivity index (χ0) is 13.4. The minimum absolute atomic E-state index is 0.298.